The summed E-state index contributed by atoms with van der Waals surface area (Å²) in [6.07, 6.45) is 7.06. The molecule has 10 heteroatoms. The van der Waals surface area contributed by atoms with E-state index >= 15 is 0 Å². The number of fused-ring (bicyclic) bond motifs is 1. The van der Waals surface area contributed by atoms with Gasteiger partial charge in [-0.3, -0.25) is 4.90 Å². The number of nitriles is 1. The maximum Gasteiger partial charge on any atom is 0.164 e. The molecule has 4 aromatic heterocycles. The van der Waals surface area contributed by atoms with E-state index in [1.54, 1.807) is 29.3 Å². The SMILES string of the molecule is CC(C)Nc1cc(-n2ncc3cc(C#N)cnc32)ncc1-c1cn(C2CN(C(c3ccccc3)c3ccccc3)C2)nn1. The third-order valence-corrected chi connectivity index (χ3v) is 7.73. The highest BCUT2D eigenvalue weighted by Gasteiger charge is 2.36. The van der Waals surface area contributed by atoms with Crippen LogP contribution < -0.4 is 5.32 Å². The highest BCUT2D eigenvalue weighted by Crippen LogP contribution is 2.36. The van der Waals surface area contributed by atoms with E-state index in [9.17, 15) is 5.26 Å². The molecule has 0 aliphatic carbocycles. The predicted molar refractivity (Wildman–Crippen MR) is 164 cm³/mol. The van der Waals surface area contributed by atoms with E-state index in [-0.39, 0.29) is 18.1 Å². The molecule has 10 nitrogen and oxygen atoms in total. The molecule has 1 fully saturated rings. The van der Waals surface area contributed by atoms with E-state index in [0.29, 0.717) is 17.0 Å². The average Bonchev–Trinajstić information content (AvgIpc) is 3.66. The molecule has 1 N–H and O–H groups in total. The molecule has 5 heterocycles. The molecule has 1 aliphatic heterocycles. The third-order valence-electron chi connectivity index (χ3n) is 7.73. The number of hydrogen-bond donors (Lipinski definition) is 1. The lowest BCUT2D eigenvalue weighted by Gasteiger charge is -2.44. The van der Waals surface area contributed by atoms with E-state index < -0.39 is 0 Å². The maximum absolute atomic E-state index is 9.21. The first-order valence-electron chi connectivity index (χ1n) is 14.3. The Bertz CT molecular complexity index is 1870. The van der Waals surface area contributed by atoms with Gasteiger partial charge in [0.15, 0.2) is 11.5 Å². The van der Waals surface area contributed by atoms with Crippen LogP contribution in [0.5, 0.6) is 0 Å². The molecule has 0 unspecified atom stereocenters. The van der Waals surface area contributed by atoms with Gasteiger partial charge in [0.1, 0.15) is 11.8 Å². The van der Waals surface area contributed by atoms with Gasteiger partial charge in [0.25, 0.3) is 0 Å². The highest BCUT2D eigenvalue weighted by atomic mass is 15.5. The number of nitrogens with one attached hydrogen (secondary N) is 1. The Balaban J connectivity index is 1.14. The molecular formula is C33H30N10. The Morgan fingerprint density at radius 2 is 1.63 bits per heavy atom. The Labute approximate surface area is 249 Å². The Hall–Kier alpha value is -5.40. The van der Waals surface area contributed by atoms with Crippen molar-refractivity contribution >= 4 is 16.7 Å². The van der Waals surface area contributed by atoms with Gasteiger partial charge in [-0.05, 0) is 31.0 Å². The molecule has 0 amide bonds. The zero-order chi connectivity index (χ0) is 29.3. The normalized spacial score (nSPS) is 13.8. The first-order valence-corrected chi connectivity index (χ1v) is 14.3. The third kappa shape index (κ3) is 5.11. The van der Waals surface area contributed by atoms with Crippen molar-refractivity contribution in [2.24, 2.45) is 0 Å². The summed E-state index contributed by atoms with van der Waals surface area (Å²) in [5, 5.41) is 27.1. The quantitative estimate of drug-likeness (QED) is 0.260. The first kappa shape index (κ1) is 26.5. The molecule has 0 saturated carbocycles. The van der Waals surface area contributed by atoms with Crippen LogP contribution in [0.4, 0.5) is 5.69 Å². The number of anilines is 1. The molecule has 1 aliphatic rings. The van der Waals surface area contributed by atoms with Gasteiger partial charge in [-0.15, -0.1) is 5.10 Å². The van der Waals surface area contributed by atoms with Crippen molar-refractivity contribution in [2.45, 2.75) is 32.0 Å². The van der Waals surface area contributed by atoms with Crippen molar-refractivity contribution in [3.63, 3.8) is 0 Å². The standard InChI is InChI=1S/C33H30N10/c1-22(2)38-29-14-31(43-33-26(17-37-43)13-23(15-34)16-36-33)35-18-28(29)30-21-42(40-39-30)27-19-41(20-27)32(24-9-5-3-6-10-24)25-11-7-4-8-12-25/h3-14,16-18,21-22,27,32H,19-20H2,1-2H3,(H,35,38). The van der Waals surface area contributed by atoms with Crippen LogP contribution in [0.25, 0.3) is 28.1 Å². The van der Waals surface area contributed by atoms with Crippen molar-refractivity contribution in [2.75, 3.05) is 18.4 Å². The minimum absolute atomic E-state index is 0.183. The van der Waals surface area contributed by atoms with Crippen LogP contribution in [0.2, 0.25) is 0 Å². The smallest absolute Gasteiger partial charge is 0.164 e. The van der Waals surface area contributed by atoms with E-state index in [4.69, 9.17) is 4.98 Å². The maximum atomic E-state index is 9.21. The van der Waals surface area contributed by atoms with Gasteiger partial charge in [0.2, 0.25) is 0 Å². The molecule has 0 radical (unpaired) electrons. The number of rotatable bonds is 8. The number of aromatic nitrogens is 7. The van der Waals surface area contributed by atoms with Gasteiger partial charge in [-0.2, -0.15) is 15.0 Å². The average molecular weight is 567 g/mol. The summed E-state index contributed by atoms with van der Waals surface area (Å²) < 4.78 is 3.66. The van der Waals surface area contributed by atoms with E-state index in [1.165, 1.54) is 11.1 Å². The van der Waals surface area contributed by atoms with Crippen molar-refractivity contribution in [3.05, 3.63) is 114 Å². The van der Waals surface area contributed by atoms with Crippen molar-refractivity contribution in [1.29, 1.82) is 5.26 Å². The molecule has 212 valence electrons. The molecule has 43 heavy (non-hydrogen) atoms. The van der Waals surface area contributed by atoms with Crippen molar-refractivity contribution in [3.8, 4) is 23.1 Å². The largest absolute Gasteiger partial charge is 0.382 e. The number of benzene rings is 2. The lowest BCUT2D eigenvalue weighted by molar-refractivity contribution is 0.0671. The van der Waals surface area contributed by atoms with Crippen LogP contribution in [0.15, 0.2) is 97.6 Å². The fourth-order valence-corrected chi connectivity index (χ4v) is 5.67. The summed E-state index contributed by atoms with van der Waals surface area (Å²) in [5.74, 6) is 0.619. The zero-order valence-corrected chi connectivity index (χ0v) is 23.9. The number of likely N-dealkylation sites (tertiary alicyclic amines) is 1. The molecular weight excluding hydrogens is 536 g/mol. The summed E-state index contributed by atoms with van der Waals surface area (Å²) >= 11 is 0. The summed E-state index contributed by atoms with van der Waals surface area (Å²) in [4.78, 5) is 11.6. The molecule has 0 atom stereocenters. The van der Waals surface area contributed by atoms with Crippen LogP contribution in [0.1, 0.15) is 42.6 Å². The minimum Gasteiger partial charge on any atom is -0.382 e. The molecule has 0 bridgehead atoms. The Morgan fingerprint density at radius 1 is 0.907 bits per heavy atom. The lowest BCUT2D eigenvalue weighted by Crippen LogP contribution is -2.49. The second-order valence-electron chi connectivity index (χ2n) is 11.1. The monoisotopic (exact) mass is 566 g/mol. The van der Waals surface area contributed by atoms with Gasteiger partial charge < -0.3 is 5.32 Å². The highest BCUT2D eigenvalue weighted by molar-refractivity contribution is 5.79. The van der Waals surface area contributed by atoms with Crippen LogP contribution >= 0.6 is 0 Å². The fraction of sp³-hybridized carbons (Fsp3) is 0.212. The summed E-state index contributed by atoms with van der Waals surface area (Å²) in [7, 11) is 0. The van der Waals surface area contributed by atoms with Gasteiger partial charge in [-0.1, -0.05) is 65.9 Å². The van der Waals surface area contributed by atoms with Gasteiger partial charge in [-0.25, -0.2) is 14.6 Å². The Kier molecular flexibility index (Phi) is 6.85. The fourth-order valence-electron chi connectivity index (χ4n) is 5.67. The summed E-state index contributed by atoms with van der Waals surface area (Å²) in [6, 6.07) is 27.8. The van der Waals surface area contributed by atoms with Gasteiger partial charge in [0, 0.05) is 54.2 Å². The molecule has 6 aromatic rings. The minimum atomic E-state index is 0.183. The van der Waals surface area contributed by atoms with Gasteiger partial charge in [0.05, 0.1) is 30.0 Å². The van der Waals surface area contributed by atoms with Crippen molar-refractivity contribution in [1.82, 2.24) is 39.6 Å². The molecule has 0 spiro atoms. The molecule has 7 rings (SSSR count). The number of hydrogen-bond acceptors (Lipinski definition) is 8. The molecule has 2 aromatic carbocycles. The second kappa shape index (κ2) is 11.1. The Morgan fingerprint density at radius 3 is 2.30 bits per heavy atom. The van der Waals surface area contributed by atoms with E-state index in [0.717, 1.165) is 35.4 Å². The predicted octanol–water partition coefficient (Wildman–Crippen LogP) is 5.41. The molecule has 1 saturated heterocycles. The van der Waals surface area contributed by atoms with Crippen LogP contribution in [0.3, 0.4) is 0 Å². The van der Waals surface area contributed by atoms with Crippen LogP contribution in [-0.4, -0.2) is 58.8 Å². The van der Waals surface area contributed by atoms with E-state index in [1.807, 2.05) is 16.9 Å². The summed E-state index contributed by atoms with van der Waals surface area (Å²) in [6.45, 7) is 5.93. The first-order chi connectivity index (χ1) is 21.1. The zero-order valence-electron chi connectivity index (χ0n) is 23.9. The van der Waals surface area contributed by atoms with Gasteiger partial charge >= 0.3 is 0 Å². The number of nitrogens with zero attached hydrogens (tertiary/aromatic N) is 9. The second-order valence-corrected chi connectivity index (χ2v) is 11.1. The number of pyridine rings is 2. The summed E-state index contributed by atoms with van der Waals surface area (Å²) in [5.41, 5.74) is 6.20. The van der Waals surface area contributed by atoms with Crippen LogP contribution in [0, 0.1) is 11.3 Å². The topological polar surface area (TPSA) is 113 Å². The van der Waals surface area contributed by atoms with E-state index in [2.05, 4.69) is 111 Å². The van der Waals surface area contributed by atoms with Crippen molar-refractivity contribution < 1.29 is 0 Å². The lowest BCUT2D eigenvalue weighted by atomic mass is 9.93. The van der Waals surface area contributed by atoms with Crippen LogP contribution in [-0.2, 0) is 0 Å².